The van der Waals surface area contributed by atoms with Gasteiger partial charge in [0.15, 0.2) is 0 Å². The topological polar surface area (TPSA) is 17.4 Å². The summed E-state index contributed by atoms with van der Waals surface area (Å²) in [5.74, 6) is 0. The lowest BCUT2D eigenvalue weighted by molar-refractivity contribution is 0.0365. The molecule has 0 unspecified atom stereocenters. The van der Waals surface area contributed by atoms with Gasteiger partial charge in [-0.15, -0.1) is 0 Å². The summed E-state index contributed by atoms with van der Waals surface area (Å²) in [6.07, 6.45) is 0. The highest BCUT2D eigenvalue weighted by atomic mass is 32.2. The van der Waals surface area contributed by atoms with Crippen LogP contribution in [0.3, 0.4) is 0 Å². The molecule has 0 N–H and O–H groups in total. The summed E-state index contributed by atoms with van der Waals surface area (Å²) >= 11 is 1.88. The molecule has 0 amide bonds. The van der Waals surface area contributed by atoms with E-state index in [-0.39, 0.29) is 0 Å². The first-order chi connectivity index (χ1) is 12.7. The summed E-state index contributed by atoms with van der Waals surface area (Å²) in [6.45, 7) is 10.4. The molecule has 4 heteroatoms. The van der Waals surface area contributed by atoms with Crippen LogP contribution in [0, 0.1) is 13.8 Å². The second-order valence-electron chi connectivity index (χ2n) is 6.91. The maximum atomic E-state index is 5.48. The predicted octanol–water partition coefficient (Wildman–Crippen LogP) is 4.74. The van der Waals surface area contributed by atoms with E-state index in [0.717, 1.165) is 39.4 Å². The molecule has 2 aromatic carbocycles. The van der Waals surface area contributed by atoms with Crippen LogP contribution in [-0.4, -0.2) is 42.3 Å². The zero-order valence-electron chi connectivity index (χ0n) is 15.6. The molecule has 0 radical (unpaired) electrons. The maximum absolute atomic E-state index is 5.48. The fourth-order valence-electron chi connectivity index (χ4n) is 3.77. The molecule has 136 valence electrons. The summed E-state index contributed by atoms with van der Waals surface area (Å²) in [7, 11) is 0. The highest BCUT2D eigenvalue weighted by Crippen LogP contribution is 2.39. The molecule has 26 heavy (non-hydrogen) atoms. The fraction of sp³-hybridized carbons (Fsp3) is 0.364. The predicted molar refractivity (Wildman–Crippen MR) is 109 cm³/mol. The number of fused-ring (bicyclic) bond motifs is 1. The number of morpholine rings is 1. The Kier molecular flexibility index (Phi) is 5.34. The van der Waals surface area contributed by atoms with Crippen LogP contribution in [0.2, 0.25) is 0 Å². The molecular weight excluding hydrogens is 340 g/mol. The van der Waals surface area contributed by atoms with E-state index >= 15 is 0 Å². The van der Waals surface area contributed by atoms with Crippen LogP contribution in [0.4, 0.5) is 0 Å². The summed E-state index contributed by atoms with van der Waals surface area (Å²) in [4.78, 5) is 5.19. The molecule has 0 spiro atoms. The molecule has 2 heterocycles. The summed E-state index contributed by atoms with van der Waals surface area (Å²) in [5.41, 5.74) is 4.11. The first kappa shape index (κ1) is 17.7. The maximum Gasteiger partial charge on any atom is 0.0594 e. The van der Waals surface area contributed by atoms with E-state index < -0.39 is 0 Å². The Morgan fingerprint density at radius 3 is 2.46 bits per heavy atom. The van der Waals surface area contributed by atoms with E-state index in [1.807, 2.05) is 11.8 Å². The number of nitrogens with zero attached hydrogens (tertiary/aromatic N) is 2. The van der Waals surface area contributed by atoms with Crippen molar-refractivity contribution in [3.05, 3.63) is 59.8 Å². The first-order valence-electron chi connectivity index (χ1n) is 9.35. The van der Waals surface area contributed by atoms with Gasteiger partial charge in [-0.25, -0.2) is 0 Å². The molecule has 3 aromatic rings. The van der Waals surface area contributed by atoms with Crippen molar-refractivity contribution in [3.8, 4) is 0 Å². The standard InChI is InChI=1S/C22H26N2OS/c1-17-7-6-10-20-21(17)24(12-11-23-13-15-25-16-14-23)18(2)22(20)26-19-8-4-3-5-9-19/h3-10H,11-16H2,1-2H3. The van der Waals surface area contributed by atoms with Gasteiger partial charge in [0.05, 0.1) is 18.7 Å². The lowest BCUT2D eigenvalue weighted by Gasteiger charge is -2.27. The van der Waals surface area contributed by atoms with Gasteiger partial charge >= 0.3 is 0 Å². The summed E-state index contributed by atoms with van der Waals surface area (Å²) < 4.78 is 8.00. The zero-order chi connectivity index (χ0) is 17.9. The molecular formula is C22H26N2OS. The molecule has 1 aliphatic rings. The lowest BCUT2D eigenvalue weighted by Crippen LogP contribution is -2.38. The van der Waals surface area contributed by atoms with Gasteiger partial charge in [-0.1, -0.05) is 48.2 Å². The second-order valence-corrected chi connectivity index (χ2v) is 7.99. The molecule has 0 atom stereocenters. The van der Waals surface area contributed by atoms with Gasteiger partial charge in [-0.3, -0.25) is 4.90 Å². The normalized spacial score (nSPS) is 15.6. The van der Waals surface area contributed by atoms with Crippen molar-refractivity contribution >= 4 is 22.7 Å². The smallest absolute Gasteiger partial charge is 0.0594 e. The Morgan fingerprint density at radius 2 is 1.69 bits per heavy atom. The number of rotatable bonds is 5. The van der Waals surface area contributed by atoms with Crippen LogP contribution in [-0.2, 0) is 11.3 Å². The minimum Gasteiger partial charge on any atom is -0.379 e. The number of benzene rings is 2. The fourth-order valence-corrected chi connectivity index (χ4v) is 4.83. The minimum atomic E-state index is 0.861. The third kappa shape index (κ3) is 3.54. The number of aromatic nitrogens is 1. The second kappa shape index (κ2) is 7.87. The zero-order valence-corrected chi connectivity index (χ0v) is 16.4. The van der Waals surface area contributed by atoms with Gasteiger partial charge in [0.25, 0.3) is 0 Å². The van der Waals surface area contributed by atoms with E-state index in [9.17, 15) is 0 Å². The monoisotopic (exact) mass is 366 g/mol. The molecule has 4 rings (SSSR count). The van der Waals surface area contributed by atoms with Crippen LogP contribution in [0.5, 0.6) is 0 Å². The molecule has 1 aromatic heterocycles. The minimum absolute atomic E-state index is 0.861. The molecule has 1 fully saturated rings. The van der Waals surface area contributed by atoms with Gasteiger partial charge in [0, 0.05) is 47.1 Å². The first-order valence-corrected chi connectivity index (χ1v) is 10.2. The van der Waals surface area contributed by atoms with Gasteiger partial charge in [-0.2, -0.15) is 0 Å². The molecule has 1 aliphatic heterocycles. The molecule has 0 aliphatic carbocycles. The Hall–Kier alpha value is -1.75. The third-order valence-electron chi connectivity index (χ3n) is 5.19. The number of para-hydroxylation sites is 1. The average molecular weight is 367 g/mol. The van der Waals surface area contributed by atoms with E-state index in [2.05, 4.69) is 71.8 Å². The van der Waals surface area contributed by atoms with Crippen molar-refractivity contribution in [1.29, 1.82) is 0 Å². The average Bonchev–Trinajstić information content (AvgIpc) is 2.95. The van der Waals surface area contributed by atoms with E-state index in [1.165, 1.54) is 32.0 Å². The van der Waals surface area contributed by atoms with Gasteiger partial charge < -0.3 is 9.30 Å². The Morgan fingerprint density at radius 1 is 0.923 bits per heavy atom. The van der Waals surface area contributed by atoms with Crippen molar-refractivity contribution in [2.24, 2.45) is 0 Å². The molecule has 1 saturated heterocycles. The van der Waals surface area contributed by atoms with Crippen LogP contribution in [0.15, 0.2) is 58.3 Å². The Labute approximate surface area is 159 Å². The van der Waals surface area contributed by atoms with Crippen LogP contribution < -0.4 is 0 Å². The number of aryl methyl sites for hydroxylation is 1. The Bertz CT molecular complexity index is 882. The van der Waals surface area contributed by atoms with Crippen molar-refractivity contribution in [3.63, 3.8) is 0 Å². The number of hydrogen-bond donors (Lipinski definition) is 0. The summed E-state index contributed by atoms with van der Waals surface area (Å²) in [6, 6.07) is 17.4. The van der Waals surface area contributed by atoms with Gasteiger partial charge in [0.1, 0.15) is 0 Å². The molecule has 0 bridgehead atoms. The quantitative estimate of drug-likeness (QED) is 0.649. The van der Waals surface area contributed by atoms with Gasteiger partial charge in [-0.05, 0) is 31.5 Å². The molecule has 3 nitrogen and oxygen atoms in total. The van der Waals surface area contributed by atoms with Crippen molar-refractivity contribution < 1.29 is 4.74 Å². The lowest BCUT2D eigenvalue weighted by atomic mass is 10.1. The van der Waals surface area contributed by atoms with E-state index in [0.29, 0.717) is 0 Å². The summed E-state index contributed by atoms with van der Waals surface area (Å²) in [5, 5.41) is 1.37. The van der Waals surface area contributed by atoms with Crippen LogP contribution in [0.25, 0.3) is 10.9 Å². The highest BCUT2D eigenvalue weighted by molar-refractivity contribution is 7.99. The number of ether oxygens (including phenoxy) is 1. The van der Waals surface area contributed by atoms with Gasteiger partial charge in [0.2, 0.25) is 0 Å². The molecule has 0 saturated carbocycles. The number of hydrogen-bond acceptors (Lipinski definition) is 3. The Balaban J connectivity index is 1.68. The SMILES string of the molecule is Cc1cccc2c(Sc3ccccc3)c(C)n(CCN3CCOCC3)c12. The van der Waals surface area contributed by atoms with E-state index in [4.69, 9.17) is 4.74 Å². The van der Waals surface area contributed by atoms with Crippen LogP contribution in [0.1, 0.15) is 11.3 Å². The largest absolute Gasteiger partial charge is 0.379 e. The van der Waals surface area contributed by atoms with Crippen molar-refractivity contribution in [2.45, 2.75) is 30.2 Å². The van der Waals surface area contributed by atoms with Crippen LogP contribution >= 0.6 is 11.8 Å². The highest BCUT2D eigenvalue weighted by Gasteiger charge is 2.18. The van der Waals surface area contributed by atoms with E-state index in [1.54, 1.807) is 0 Å². The third-order valence-corrected chi connectivity index (χ3v) is 6.42. The van der Waals surface area contributed by atoms with Crippen molar-refractivity contribution in [2.75, 3.05) is 32.8 Å². The van der Waals surface area contributed by atoms with Crippen molar-refractivity contribution in [1.82, 2.24) is 9.47 Å².